The quantitative estimate of drug-likeness (QED) is 0.876. The van der Waals surface area contributed by atoms with Crippen LogP contribution in [0.5, 0.6) is 0 Å². The fourth-order valence-corrected chi connectivity index (χ4v) is 3.24. The largest absolute Gasteiger partial charge is 0.399 e. The second-order valence-electron chi connectivity index (χ2n) is 4.33. The molecule has 0 unspecified atom stereocenters. The Bertz CT molecular complexity index is 679. The van der Waals surface area contributed by atoms with Crippen LogP contribution in [-0.2, 0) is 10.0 Å². The Morgan fingerprint density at radius 1 is 1.00 bits per heavy atom. The first-order valence-corrected chi connectivity index (χ1v) is 7.27. The van der Waals surface area contributed by atoms with Crippen molar-refractivity contribution in [3.63, 3.8) is 0 Å². The van der Waals surface area contributed by atoms with Crippen molar-refractivity contribution in [1.29, 1.82) is 0 Å². The minimum atomic E-state index is -3.54. The maximum atomic E-state index is 12.5. The summed E-state index contributed by atoms with van der Waals surface area (Å²) in [6, 6.07) is 13.7. The summed E-state index contributed by atoms with van der Waals surface area (Å²) in [6.45, 7) is 1.78. The summed E-state index contributed by atoms with van der Waals surface area (Å²) in [5.41, 5.74) is 7.51. The predicted octanol–water partition coefficient (Wildman–Crippen LogP) is 2.40. The molecule has 0 saturated heterocycles. The molecule has 2 aromatic carbocycles. The van der Waals surface area contributed by atoms with E-state index in [1.165, 1.54) is 11.4 Å². The number of benzene rings is 2. The van der Waals surface area contributed by atoms with Crippen molar-refractivity contribution in [3.8, 4) is 0 Å². The molecule has 0 aliphatic rings. The first-order valence-electron chi connectivity index (χ1n) is 5.83. The second-order valence-corrected chi connectivity index (χ2v) is 6.27. The highest BCUT2D eigenvalue weighted by atomic mass is 32.2. The minimum Gasteiger partial charge on any atom is -0.399 e. The minimum absolute atomic E-state index is 0.314. The molecule has 0 spiro atoms. The highest BCUT2D eigenvalue weighted by Gasteiger charge is 2.22. The van der Waals surface area contributed by atoms with E-state index in [0.29, 0.717) is 16.3 Å². The Morgan fingerprint density at radius 2 is 1.58 bits per heavy atom. The van der Waals surface area contributed by atoms with E-state index in [1.54, 1.807) is 49.4 Å². The first kappa shape index (κ1) is 13.4. The van der Waals surface area contributed by atoms with E-state index in [2.05, 4.69) is 0 Å². The van der Waals surface area contributed by atoms with Gasteiger partial charge in [-0.15, -0.1) is 0 Å². The Kier molecular flexibility index (Phi) is 3.48. The summed E-state index contributed by atoms with van der Waals surface area (Å²) in [4.78, 5) is 0.314. The van der Waals surface area contributed by atoms with Crippen molar-refractivity contribution in [1.82, 2.24) is 0 Å². The van der Waals surface area contributed by atoms with E-state index in [0.717, 1.165) is 5.56 Å². The topological polar surface area (TPSA) is 63.4 Å². The molecule has 5 heteroatoms. The van der Waals surface area contributed by atoms with E-state index in [1.807, 2.05) is 6.07 Å². The fraction of sp³-hybridized carbons (Fsp3) is 0.143. The van der Waals surface area contributed by atoms with Gasteiger partial charge in [0.05, 0.1) is 10.6 Å². The van der Waals surface area contributed by atoms with E-state index < -0.39 is 10.0 Å². The zero-order valence-electron chi connectivity index (χ0n) is 10.9. The van der Waals surface area contributed by atoms with Gasteiger partial charge < -0.3 is 5.73 Å². The van der Waals surface area contributed by atoms with Gasteiger partial charge in [0, 0.05) is 12.7 Å². The summed E-state index contributed by atoms with van der Waals surface area (Å²) in [5, 5.41) is 0. The van der Waals surface area contributed by atoms with Gasteiger partial charge in [0.25, 0.3) is 10.0 Å². The van der Waals surface area contributed by atoms with E-state index in [9.17, 15) is 8.42 Å². The molecule has 0 fully saturated rings. The van der Waals surface area contributed by atoms with Crippen LogP contribution in [-0.4, -0.2) is 15.5 Å². The fourth-order valence-electron chi connectivity index (χ4n) is 1.82. The lowest BCUT2D eigenvalue weighted by Crippen LogP contribution is -2.27. The summed E-state index contributed by atoms with van der Waals surface area (Å²) in [5.74, 6) is 0. The van der Waals surface area contributed by atoms with Gasteiger partial charge in [-0.1, -0.05) is 18.2 Å². The van der Waals surface area contributed by atoms with Crippen LogP contribution in [0.4, 0.5) is 11.4 Å². The summed E-state index contributed by atoms with van der Waals surface area (Å²) < 4.78 is 26.3. The third-order valence-electron chi connectivity index (χ3n) is 2.99. The van der Waals surface area contributed by atoms with Gasteiger partial charge in [0.1, 0.15) is 0 Å². The lowest BCUT2D eigenvalue weighted by molar-refractivity contribution is 0.594. The summed E-state index contributed by atoms with van der Waals surface area (Å²) in [6.07, 6.45) is 0. The van der Waals surface area contributed by atoms with Crippen molar-refractivity contribution in [3.05, 3.63) is 54.1 Å². The standard InChI is InChI=1S/C14H16N2O2S/c1-11-5-3-4-6-14(11)19(17,18)16(2)13-9-7-12(15)8-10-13/h3-10H,15H2,1-2H3. The van der Waals surface area contributed by atoms with Gasteiger partial charge in [-0.05, 0) is 42.8 Å². The van der Waals surface area contributed by atoms with Crippen LogP contribution < -0.4 is 10.0 Å². The van der Waals surface area contributed by atoms with Gasteiger partial charge in [0.2, 0.25) is 0 Å². The van der Waals surface area contributed by atoms with E-state index >= 15 is 0 Å². The molecule has 19 heavy (non-hydrogen) atoms. The van der Waals surface area contributed by atoms with Crippen molar-refractivity contribution < 1.29 is 8.42 Å². The maximum Gasteiger partial charge on any atom is 0.264 e. The van der Waals surface area contributed by atoms with Crippen LogP contribution in [0.2, 0.25) is 0 Å². The second kappa shape index (κ2) is 4.93. The van der Waals surface area contributed by atoms with Crippen LogP contribution >= 0.6 is 0 Å². The number of sulfonamides is 1. The SMILES string of the molecule is Cc1ccccc1S(=O)(=O)N(C)c1ccc(N)cc1. The van der Waals surface area contributed by atoms with Gasteiger partial charge in [-0.25, -0.2) is 8.42 Å². The molecule has 0 aliphatic heterocycles. The molecule has 0 radical (unpaired) electrons. The zero-order valence-corrected chi connectivity index (χ0v) is 11.7. The van der Waals surface area contributed by atoms with Crippen molar-refractivity contribution in [2.75, 3.05) is 17.1 Å². The highest BCUT2D eigenvalue weighted by Crippen LogP contribution is 2.24. The average Bonchev–Trinajstić information content (AvgIpc) is 2.39. The summed E-state index contributed by atoms with van der Waals surface area (Å²) in [7, 11) is -2.01. The summed E-state index contributed by atoms with van der Waals surface area (Å²) >= 11 is 0. The molecule has 0 saturated carbocycles. The zero-order chi connectivity index (χ0) is 14.0. The Labute approximate surface area is 113 Å². The van der Waals surface area contributed by atoms with E-state index in [-0.39, 0.29) is 0 Å². The normalized spacial score (nSPS) is 11.3. The molecule has 0 aromatic heterocycles. The molecule has 0 bridgehead atoms. The van der Waals surface area contributed by atoms with Crippen LogP contribution in [0, 0.1) is 6.92 Å². The van der Waals surface area contributed by atoms with Gasteiger partial charge in [-0.3, -0.25) is 4.31 Å². The number of anilines is 2. The number of nitrogens with two attached hydrogens (primary N) is 1. The molecule has 100 valence electrons. The molecule has 0 atom stereocenters. The highest BCUT2D eigenvalue weighted by molar-refractivity contribution is 7.92. The van der Waals surface area contributed by atoms with Crippen molar-refractivity contribution >= 4 is 21.4 Å². The number of hydrogen-bond donors (Lipinski definition) is 1. The monoisotopic (exact) mass is 276 g/mol. The third-order valence-corrected chi connectivity index (χ3v) is 4.93. The molecule has 2 aromatic rings. The van der Waals surface area contributed by atoms with Crippen molar-refractivity contribution in [2.24, 2.45) is 0 Å². The molecule has 0 amide bonds. The molecular weight excluding hydrogens is 260 g/mol. The molecule has 2 N–H and O–H groups in total. The number of nitrogens with zero attached hydrogens (tertiary/aromatic N) is 1. The molecule has 0 aliphatic carbocycles. The number of aryl methyl sites for hydroxylation is 1. The van der Waals surface area contributed by atoms with Gasteiger partial charge in [-0.2, -0.15) is 0 Å². The Balaban J connectivity index is 2.45. The molecule has 0 heterocycles. The molecule has 2 rings (SSSR count). The van der Waals surface area contributed by atoms with Crippen LogP contribution in [0.25, 0.3) is 0 Å². The molecular formula is C14H16N2O2S. The van der Waals surface area contributed by atoms with Crippen molar-refractivity contribution in [2.45, 2.75) is 11.8 Å². The lowest BCUT2D eigenvalue weighted by Gasteiger charge is -2.20. The van der Waals surface area contributed by atoms with Gasteiger partial charge in [0.15, 0.2) is 0 Å². The van der Waals surface area contributed by atoms with Crippen LogP contribution in [0.1, 0.15) is 5.56 Å². The average molecular weight is 276 g/mol. The number of nitrogen functional groups attached to an aromatic ring is 1. The lowest BCUT2D eigenvalue weighted by atomic mass is 10.2. The Morgan fingerprint density at radius 3 is 2.16 bits per heavy atom. The van der Waals surface area contributed by atoms with Crippen LogP contribution in [0.3, 0.4) is 0 Å². The predicted molar refractivity (Wildman–Crippen MR) is 77.6 cm³/mol. The first-order chi connectivity index (χ1) is 8.93. The Hall–Kier alpha value is -2.01. The smallest absolute Gasteiger partial charge is 0.264 e. The number of hydrogen-bond acceptors (Lipinski definition) is 3. The molecule has 4 nitrogen and oxygen atoms in total. The van der Waals surface area contributed by atoms with Gasteiger partial charge >= 0.3 is 0 Å². The van der Waals surface area contributed by atoms with E-state index in [4.69, 9.17) is 5.73 Å². The maximum absolute atomic E-state index is 12.5. The third kappa shape index (κ3) is 2.56. The van der Waals surface area contributed by atoms with Crippen LogP contribution in [0.15, 0.2) is 53.4 Å². The number of rotatable bonds is 3.